The lowest BCUT2D eigenvalue weighted by atomic mass is 10.0. The van der Waals surface area contributed by atoms with Gasteiger partial charge in [-0.1, -0.05) is 22.0 Å². The molecule has 96 valence electrons. The standard InChI is InChI=1S/C14H18BrN3/c1-4-18-8-7-17-14(18)13(16-3)12-6-5-11(15)9-10(12)2/h5-9,13,16H,4H2,1-3H3. The monoisotopic (exact) mass is 307 g/mol. The van der Waals surface area contributed by atoms with Gasteiger partial charge in [-0.25, -0.2) is 4.98 Å². The van der Waals surface area contributed by atoms with E-state index in [1.807, 2.05) is 19.4 Å². The van der Waals surface area contributed by atoms with Crippen molar-refractivity contribution in [1.82, 2.24) is 14.9 Å². The second kappa shape index (κ2) is 5.67. The SMILES string of the molecule is CCn1ccnc1C(NC)c1ccc(Br)cc1C. The summed E-state index contributed by atoms with van der Waals surface area (Å²) in [6.07, 6.45) is 3.88. The first kappa shape index (κ1) is 13.3. The lowest BCUT2D eigenvalue weighted by molar-refractivity contribution is 0.588. The van der Waals surface area contributed by atoms with Crippen LogP contribution in [0, 0.1) is 6.92 Å². The molecule has 1 heterocycles. The quantitative estimate of drug-likeness (QED) is 0.939. The van der Waals surface area contributed by atoms with Gasteiger partial charge in [-0.15, -0.1) is 0 Å². The lowest BCUT2D eigenvalue weighted by Gasteiger charge is -2.19. The molecule has 0 aliphatic carbocycles. The third-order valence-corrected chi connectivity index (χ3v) is 3.67. The second-order valence-electron chi connectivity index (χ2n) is 4.29. The third kappa shape index (κ3) is 2.49. The van der Waals surface area contributed by atoms with Crippen LogP contribution in [0.5, 0.6) is 0 Å². The number of nitrogens with one attached hydrogen (secondary N) is 1. The smallest absolute Gasteiger partial charge is 0.130 e. The topological polar surface area (TPSA) is 29.9 Å². The van der Waals surface area contributed by atoms with E-state index in [1.54, 1.807) is 0 Å². The number of benzene rings is 1. The molecule has 18 heavy (non-hydrogen) atoms. The minimum absolute atomic E-state index is 0.132. The van der Waals surface area contributed by atoms with Crippen LogP contribution in [0.3, 0.4) is 0 Å². The Labute approximate surface area is 116 Å². The number of hydrogen-bond donors (Lipinski definition) is 1. The normalized spacial score (nSPS) is 12.7. The highest BCUT2D eigenvalue weighted by atomic mass is 79.9. The molecular weight excluding hydrogens is 290 g/mol. The Morgan fingerprint density at radius 3 is 2.83 bits per heavy atom. The van der Waals surface area contributed by atoms with E-state index in [9.17, 15) is 0 Å². The molecule has 0 bridgehead atoms. The molecule has 2 rings (SSSR count). The van der Waals surface area contributed by atoms with Crippen molar-refractivity contribution in [2.75, 3.05) is 7.05 Å². The van der Waals surface area contributed by atoms with E-state index in [0.717, 1.165) is 16.8 Å². The van der Waals surface area contributed by atoms with Gasteiger partial charge in [-0.2, -0.15) is 0 Å². The Kier molecular flexibility index (Phi) is 4.19. The molecule has 0 fully saturated rings. The van der Waals surface area contributed by atoms with Crippen LogP contribution in [-0.2, 0) is 6.54 Å². The van der Waals surface area contributed by atoms with Crippen molar-refractivity contribution in [1.29, 1.82) is 0 Å². The van der Waals surface area contributed by atoms with Crippen LogP contribution in [0.15, 0.2) is 35.1 Å². The van der Waals surface area contributed by atoms with Gasteiger partial charge < -0.3 is 9.88 Å². The molecular formula is C14H18BrN3. The molecule has 0 radical (unpaired) electrons. The second-order valence-corrected chi connectivity index (χ2v) is 5.21. The summed E-state index contributed by atoms with van der Waals surface area (Å²) in [6.45, 7) is 5.19. The van der Waals surface area contributed by atoms with Gasteiger partial charge in [0.05, 0.1) is 6.04 Å². The highest BCUT2D eigenvalue weighted by molar-refractivity contribution is 9.10. The lowest BCUT2D eigenvalue weighted by Crippen LogP contribution is -2.22. The summed E-state index contributed by atoms with van der Waals surface area (Å²) in [5.74, 6) is 1.06. The van der Waals surface area contributed by atoms with Crippen molar-refractivity contribution in [3.8, 4) is 0 Å². The molecule has 0 saturated heterocycles. The van der Waals surface area contributed by atoms with Crippen molar-refractivity contribution < 1.29 is 0 Å². The van der Waals surface area contributed by atoms with E-state index in [0.29, 0.717) is 0 Å². The Hall–Kier alpha value is -1.13. The van der Waals surface area contributed by atoms with Crippen LogP contribution in [0.25, 0.3) is 0 Å². The van der Waals surface area contributed by atoms with Gasteiger partial charge in [0.25, 0.3) is 0 Å². The molecule has 1 unspecified atom stereocenters. The van der Waals surface area contributed by atoms with E-state index in [1.165, 1.54) is 11.1 Å². The maximum Gasteiger partial charge on any atom is 0.130 e. The number of rotatable bonds is 4. The molecule has 0 aliphatic heterocycles. The van der Waals surface area contributed by atoms with Crippen LogP contribution in [-0.4, -0.2) is 16.6 Å². The van der Waals surface area contributed by atoms with Gasteiger partial charge >= 0.3 is 0 Å². The Balaban J connectivity index is 2.45. The summed E-state index contributed by atoms with van der Waals surface area (Å²) >= 11 is 3.50. The van der Waals surface area contributed by atoms with Gasteiger partial charge in [0.1, 0.15) is 5.82 Å². The van der Waals surface area contributed by atoms with Gasteiger partial charge in [0.15, 0.2) is 0 Å². The fourth-order valence-electron chi connectivity index (χ4n) is 2.24. The zero-order valence-electron chi connectivity index (χ0n) is 10.9. The number of aromatic nitrogens is 2. The minimum Gasteiger partial charge on any atom is -0.334 e. The van der Waals surface area contributed by atoms with E-state index >= 15 is 0 Å². The van der Waals surface area contributed by atoms with Gasteiger partial charge in [-0.05, 0) is 44.2 Å². The first-order valence-corrected chi connectivity index (χ1v) is 6.91. The van der Waals surface area contributed by atoms with E-state index < -0.39 is 0 Å². The van der Waals surface area contributed by atoms with Crippen molar-refractivity contribution >= 4 is 15.9 Å². The number of imidazole rings is 1. The molecule has 3 nitrogen and oxygen atoms in total. The van der Waals surface area contributed by atoms with Crippen LogP contribution in [0.1, 0.15) is 29.9 Å². The average molecular weight is 308 g/mol. The van der Waals surface area contributed by atoms with E-state index in [-0.39, 0.29) is 6.04 Å². The molecule has 4 heteroatoms. The highest BCUT2D eigenvalue weighted by Crippen LogP contribution is 2.25. The predicted octanol–water partition coefficient (Wildman–Crippen LogP) is 3.28. The number of hydrogen-bond acceptors (Lipinski definition) is 2. The van der Waals surface area contributed by atoms with Gasteiger partial charge in [0, 0.05) is 23.4 Å². The van der Waals surface area contributed by atoms with E-state index in [2.05, 4.69) is 62.8 Å². The van der Waals surface area contributed by atoms with Crippen molar-refractivity contribution in [2.24, 2.45) is 0 Å². The summed E-state index contributed by atoms with van der Waals surface area (Å²) in [7, 11) is 1.97. The maximum atomic E-state index is 4.49. The number of aryl methyl sites for hydroxylation is 2. The molecule has 0 aliphatic rings. The van der Waals surface area contributed by atoms with Crippen molar-refractivity contribution in [2.45, 2.75) is 26.4 Å². The summed E-state index contributed by atoms with van der Waals surface area (Å²) in [4.78, 5) is 4.49. The fourth-order valence-corrected chi connectivity index (χ4v) is 2.71. The number of halogens is 1. The summed E-state index contributed by atoms with van der Waals surface area (Å²) < 4.78 is 3.28. The van der Waals surface area contributed by atoms with E-state index in [4.69, 9.17) is 0 Å². The fraction of sp³-hybridized carbons (Fsp3) is 0.357. The molecule has 1 atom stereocenters. The summed E-state index contributed by atoms with van der Waals surface area (Å²) in [6, 6.07) is 6.49. The molecule has 1 aromatic carbocycles. The van der Waals surface area contributed by atoms with Crippen LogP contribution >= 0.6 is 15.9 Å². The molecule has 0 amide bonds. The third-order valence-electron chi connectivity index (χ3n) is 3.18. The molecule has 0 spiro atoms. The van der Waals surface area contributed by atoms with Crippen molar-refractivity contribution in [3.05, 3.63) is 52.0 Å². The largest absolute Gasteiger partial charge is 0.334 e. The molecule has 1 N–H and O–H groups in total. The Bertz CT molecular complexity index is 534. The summed E-state index contributed by atoms with van der Waals surface area (Å²) in [5.41, 5.74) is 2.52. The average Bonchev–Trinajstić information content (AvgIpc) is 2.81. The molecule has 2 aromatic rings. The predicted molar refractivity (Wildman–Crippen MR) is 77.7 cm³/mol. The Morgan fingerprint density at radius 2 is 2.22 bits per heavy atom. The number of nitrogens with zero attached hydrogens (tertiary/aromatic N) is 2. The summed E-state index contributed by atoms with van der Waals surface area (Å²) in [5, 5.41) is 3.36. The van der Waals surface area contributed by atoms with Crippen LogP contribution in [0.2, 0.25) is 0 Å². The van der Waals surface area contributed by atoms with Crippen LogP contribution in [0.4, 0.5) is 0 Å². The first-order valence-electron chi connectivity index (χ1n) is 6.11. The first-order chi connectivity index (χ1) is 8.67. The zero-order valence-corrected chi connectivity index (χ0v) is 12.5. The van der Waals surface area contributed by atoms with Gasteiger partial charge in [0.2, 0.25) is 0 Å². The highest BCUT2D eigenvalue weighted by Gasteiger charge is 2.18. The van der Waals surface area contributed by atoms with Crippen molar-refractivity contribution in [3.63, 3.8) is 0 Å². The van der Waals surface area contributed by atoms with Gasteiger partial charge in [-0.3, -0.25) is 0 Å². The Morgan fingerprint density at radius 1 is 1.44 bits per heavy atom. The molecule has 1 aromatic heterocycles. The van der Waals surface area contributed by atoms with Crippen LogP contribution < -0.4 is 5.32 Å². The molecule has 0 saturated carbocycles. The maximum absolute atomic E-state index is 4.49. The zero-order chi connectivity index (χ0) is 13.1. The minimum atomic E-state index is 0.132.